The number of aliphatic hydroxyl groups excluding tert-OH is 1. The van der Waals surface area contributed by atoms with Crippen molar-refractivity contribution in [3.05, 3.63) is 29.3 Å². The average molecular weight is 445 g/mol. The van der Waals surface area contributed by atoms with Crippen molar-refractivity contribution in [2.24, 2.45) is 16.7 Å². The van der Waals surface area contributed by atoms with E-state index in [9.17, 15) is 19.8 Å². The number of rotatable bonds is 3. The number of aliphatic hydroxyl groups is 2. The molecular formula is C25H32O7. The smallest absolute Gasteiger partial charge is 0.344 e. The summed E-state index contributed by atoms with van der Waals surface area (Å²) in [6.07, 6.45) is 2.64. The standard InChI is InChI=1S/C25H32O7/c1-14(26)32-24-12-11-23(20(27)25(24,29)21(28)31-4)19-8-5-15-13-16(30-3)6-7-17(15)18(19)9-10-22(23,24)2/h6-7,13,18-20,27,29H,5,8-12H2,1-4H3/t18-,19-,20-,22+,23-,24+,25+/m1/s1. The largest absolute Gasteiger partial charge is 0.497 e. The molecule has 7 heteroatoms. The first-order valence-corrected chi connectivity index (χ1v) is 11.5. The molecule has 0 unspecified atom stereocenters. The second-order valence-electron chi connectivity index (χ2n) is 10.3. The van der Waals surface area contributed by atoms with Gasteiger partial charge in [-0.1, -0.05) is 13.0 Å². The first kappa shape index (κ1) is 21.7. The molecule has 2 bridgehead atoms. The lowest BCUT2D eigenvalue weighted by Crippen LogP contribution is -2.67. The van der Waals surface area contributed by atoms with Crippen LogP contribution in [0.25, 0.3) is 0 Å². The summed E-state index contributed by atoms with van der Waals surface area (Å²) in [5, 5.41) is 23.6. The number of methoxy groups -OCH3 is 2. The van der Waals surface area contributed by atoms with Crippen LogP contribution in [0.2, 0.25) is 0 Å². The van der Waals surface area contributed by atoms with Crippen LogP contribution >= 0.6 is 0 Å². The average Bonchev–Trinajstić information content (AvgIpc) is 3.11. The molecule has 0 spiro atoms. The Bertz CT molecular complexity index is 991. The lowest BCUT2D eigenvalue weighted by molar-refractivity contribution is -0.234. The normalized spacial score (nSPS) is 43.6. The zero-order valence-electron chi connectivity index (χ0n) is 19.1. The summed E-state index contributed by atoms with van der Waals surface area (Å²) in [4.78, 5) is 25.2. The van der Waals surface area contributed by atoms with Gasteiger partial charge in [0, 0.05) is 17.8 Å². The number of hydrogen-bond donors (Lipinski definition) is 2. The van der Waals surface area contributed by atoms with E-state index in [1.807, 2.05) is 13.0 Å². The van der Waals surface area contributed by atoms with Crippen LogP contribution in [0, 0.1) is 16.7 Å². The zero-order chi connectivity index (χ0) is 23.1. The highest BCUT2D eigenvalue weighted by Gasteiger charge is 2.90. The minimum absolute atomic E-state index is 0.0493. The van der Waals surface area contributed by atoms with Gasteiger partial charge in [0.1, 0.15) is 11.9 Å². The Morgan fingerprint density at radius 2 is 1.88 bits per heavy atom. The third kappa shape index (κ3) is 2.15. The van der Waals surface area contributed by atoms with E-state index in [4.69, 9.17) is 14.2 Å². The van der Waals surface area contributed by atoms with Gasteiger partial charge in [0.15, 0.2) is 5.60 Å². The molecule has 174 valence electrons. The van der Waals surface area contributed by atoms with Crippen LogP contribution in [0.1, 0.15) is 63.0 Å². The van der Waals surface area contributed by atoms with Gasteiger partial charge in [0.25, 0.3) is 0 Å². The minimum Gasteiger partial charge on any atom is -0.497 e. The molecule has 7 nitrogen and oxygen atoms in total. The van der Waals surface area contributed by atoms with Crippen molar-refractivity contribution in [1.29, 1.82) is 0 Å². The zero-order valence-corrected chi connectivity index (χ0v) is 19.1. The van der Waals surface area contributed by atoms with Crippen molar-refractivity contribution in [2.75, 3.05) is 14.2 Å². The Hall–Kier alpha value is -2.12. The summed E-state index contributed by atoms with van der Waals surface area (Å²) < 4.78 is 16.3. The number of ether oxygens (including phenoxy) is 3. The summed E-state index contributed by atoms with van der Waals surface area (Å²) in [7, 11) is 2.85. The summed E-state index contributed by atoms with van der Waals surface area (Å²) >= 11 is 0. The molecule has 0 heterocycles. The van der Waals surface area contributed by atoms with E-state index < -0.39 is 40.1 Å². The van der Waals surface area contributed by atoms with Crippen molar-refractivity contribution in [2.45, 2.75) is 75.6 Å². The highest BCUT2D eigenvalue weighted by molar-refractivity contribution is 5.85. The van der Waals surface area contributed by atoms with E-state index in [2.05, 4.69) is 12.1 Å². The second kappa shape index (κ2) is 6.70. The van der Waals surface area contributed by atoms with Crippen LogP contribution in [0.5, 0.6) is 5.75 Å². The Labute approximate surface area is 188 Å². The Kier molecular flexibility index (Phi) is 4.55. The van der Waals surface area contributed by atoms with Crippen LogP contribution in [-0.2, 0) is 25.5 Å². The first-order chi connectivity index (χ1) is 15.1. The molecule has 3 fully saturated rings. The molecule has 0 saturated heterocycles. The maximum atomic E-state index is 13.0. The van der Waals surface area contributed by atoms with E-state index in [1.165, 1.54) is 25.2 Å². The molecule has 1 aromatic carbocycles. The molecular weight excluding hydrogens is 412 g/mol. The molecule has 1 aromatic rings. The summed E-state index contributed by atoms with van der Waals surface area (Å²) in [6.45, 7) is 3.28. The van der Waals surface area contributed by atoms with Gasteiger partial charge in [-0.05, 0) is 73.6 Å². The van der Waals surface area contributed by atoms with E-state index in [-0.39, 0.29) is 11.8 Å². The van der Waals surface area contributed by atoms with Crippen LogP contribution in [-0.4, -0.2) is 53.7 Å². The third-order valence-electron chi connectivity index (χ3n) is 9.70. The fourth-order valence-electron chi connectivity index (χ4n) is 8.54. The van der Waals surface area contributed by atoms with E-state index in [0.29, 0.717) is 19.3 Å². The van der Waals surface area contributed by atoms with E-state index in [1.54, 1.807) is 7.11 Å². The Morgan fingerprint density at radius 3 is 2.53 bits per heavy atom. The maximum Gasteiger partial charge on any atom is 0.344 e. The molecule has 5 rings (SSSR count). The van der Waals surface area contributed by atoms with Gasteiger partial charge in [-0.3, -0.25) is 4.79 Å². The molecule has 4 aliphatic carbocycles. The third-order valence-corrected chi connectivity index (χ3v) is 9.70. The number of carbonyl (C=O) groups excluding carboxylic acids is 2. The number of hydrogen-bond acceptors (Lipinski definition) is 7. The van der Waals surface area contributed by atoms with Crippen molar-refractivity contribution in [3.8, 4) is 5.75 Å². The Balaban J connectivity index is 1.68. The maximum absolute atomic E-state index is 13.0. The molecule has 0 aliphatic heterocycles. The molecule has 0 aromatic heterocycles. The lowest BCUT2D eigenvalue weighted by Gasteiger charge is -2.57. The summed E-state index contributed by atoms with van der Waals surface area (Å²) in [5.41, 5.74) is -2.81. The van der Waals surface area contributed by atoms with Crippen LogP contribution in [0.3, 0.4) is 0 Å². The van der Waals surface area contributed by atoms with Gasteiger partial charge >= 0.3 is 11.9 Å². The highest BCUT2D eigenvalue weighted by Crippen LogP contribution is 2.80. The molecule has 0 amide bonds. The monoisotopic (exact) mass is 444 g/mol. The quantitative estimate of drug-likeness (QED) is 0.691. The van der Waals surface area contributed by atoms with Gasteiger partial charge in [-0.2, -0.15) is 0 Å². The van der Waals surface area contributed by atoms with Gasteiger partial charge in [0.2, 0.25) is 5.60 Å². The molecule has 0 radical (unpaired) electrons. The molecule has 7 atom stereocenters. The number of carbonyl (C=O) groups is 2. The second-order valence-corrected chi connectivity index (χ2v) is 10.3. The van der Waals surface area contributed by atoms with Gasteiger partial charge < -0.3 is 24.4 Å². The van der Waals surface area contributed by atoms with Crippen molar-refractivity contribution >= 4 is 11.9 Å². The van der Waals surface area contributed by atoms with Crippen LogP contribution in [0.15, 0.2) is 18.2 Å². The van der Waals surface area contributed by atoms with Crippen molar-refractivity contribution in [1.82, 2.24) is 0 Å². The fraction of sp³-hybridized carbons (Fsp3) is 0.680. The number of aryl methyl sites for hydroxylation is 1. The van der Waals surface area contributed by atoms with Crippen molar-refractivity contribution < 1.29 is 34.0 Å². The van der Waals surface area contributed by atoms with Crippen molar-refractivity contribution in [3.63, 3.8) is 0 Å². The lowest BCUT2D eigenvalue weighted by atomic mass is 9.47. The molecule has 4 aliphatic rings. The topological polar surface area (TPSA) is 102 Å². The predicted octanol–water partition coefficient (Wildman–Crippen LogP) is 2.50. The molecule has 32 heavy (non-hydrogen) atoms. The van der Waals surface area contributed by atoms with Gasteiger partial charge in [-0.15, -0.1) is 0 Å². The fourth-order valence-corrected chi connectivity index (χ4v) is 8.54. The van der Waals surface area contributed by atoms with Crippen LogP contribution < -0.4 is 4.74 Å². The Morgan fingerprint density at radius 1 is 1.12 bits per heavy atom. The molecule has 2 N–H and O–H groups in total. The number of esters is 2. The van der Waals surface area contributed by atoms with E-state index >= 15 is 0 Å². The number of fused-ring (bicyclic) bond motifs is 3. The van der Waals surface area contributed by atoms with Crippen LogP contribution in [0.4, 0.5) is 0 Å². The van der Waals surface area contributed by atoms with Gasteiger partial charge in [-0.25, -0.2) is 4.79 Å². The molecule has 3 saturated carbocycles. The SMILES string of the molecule is COC(=O)[C@@]1(O)[C@H](O)[C@]23CC[C@]1(OC(C)=O)[C@@]2(C)CC[C@@H]1c2ccc(OC)cc2CC[C@H]13. The van der Waals surface area contributed by atoms with Gasteiger partial charge in [0.05, 0.1) is 14.2 Å². The highest BCUT2D eigenvalue weighted by atomic mass is 16.6. The van der Waals surface area contributed by atoms with E-state index in [0.717, 1.165) is 25.0 Å². The number of benzene rings is 1. The first-order valence-electron chi connectivity index (χ1n) is 11.5. The predicted molar refractivity (Wildman–Crippen MR) is 114 cm³/mol. The minimum atomic E-state index is -2.30. The summed E-state index contributed by atoms with van der Waals surface area (Å²) in [5.74, 6) is -0.425. The summed E-state index contributed by atoms with van der Waals surface area (Å²) in [6, 6.07) is 6.18.